The van der Waals surface area contributed by atoms with Crippen molar-refractivity contribution in [2.45, 2.75) is 44.6 Å². The topological polar surface area (TPSA) is 41.5 Å². The van der Waals surface area contributed by atoms with Crippen molar-refractivity contribution >= 4 is 0 Å². The molecule has 1 aliphatic rings. The fourth-order valence-corrected chi connectivity index (χ4v) is 3.15. The summed E-state index contributed by atoms with van der Waals surface area (Å²) in [6.07, 6.45) is 5.27. The van der Waals surface area contributed by atoms with Crippen molar-refractivity contribution in [3.63, 3.8) is 0 Å². The van der Waals surface area contributed by atoms with E-state index in [0.717, 1.165) is 38.0 Å². The Balaban J connectivity index is 2.39. The van der Waals surface area contributed by atoms with Crippen LogP contribution in [0.4, 0.5) is 0 Å². The first-order valence-electron chi connectivity index (χ1n) is 7.29. The van der Waals surface area contributed by atoms with Crippen LogP contribution in [0.3, 0.4) is 0 Å². The van der Waals surface area contributed by atoms with Crippen LogP contribution in [0.1, 0.15) is 43.7 Å². The number of hydrogen-bond donors (Lipinski definition) is 2. The van der Waals surface area contributed by atoms with Gasteiger partial charge in [0.2, 0.25) is 0 Å². The Morgan fingerprint density at radius 3 is 2.95 bits per heavy atom. The van der Waals surface area contributed by atoms with Crippen LogP contribution < -0.4 is 10.1 Å². The molecule has 0 radical (unpaired) electrons. The van der Waals surface area contributed by atoms with E-state index in [0.29, 0.717) is 0 Å². The van der Waals surface area contributed by atoms with Crippen molar-refractivity contribution in [3.05, 3.63) is 29.3 Å². The summed E-state index contributed by atoms with van der Waals surface area (Å²) >= 11 is 0. The highest BCUT2D eigenvalue weighted by molar-refractivity contribution is 5.42. The molecule has 0 fully saturated rings. The Hall–Kier alpha value is -1.06. The minimum absolute atomic E-state index is 0.0765. The summed E-state index contributed by atoms with van der Waals surface area (Å²) < 4.78 is 5.37. The zero-order valence-corrected chi connectivity index (χ0v) is 12.0. The second kappa shape index (κ2) is 6.40. The van der Waals surface area contributed by atoms with Crippen molar-refractivity contribution < 1.29 is 9.84 Å². The molecule has 106 valence electrons. The monoisotopic (exact) mass is 263 g/mol. The fraction of sp³-hybridized carbons (Fsp3) is 0.625. The Kier molecular flexibility index (Phi) is 4.83. The van der Waals surface area contributed by atoms with Gasteiger partial charge in [-0.2, -0.15) is 0 Å². The molecule has 1 aromatic rings. The van der Waals surface area contributed by atoms with Crippen LogP contribution in [0.15, 0.2) is 18.2 Å². The van der Waals surface area contributed by atoms with Gasteiger partial charge < -0.3 is 15.2 Å². The number of hydrogen-bond acceptors (Lipinski definition) is 3. The Bertz CT molecular complexity index is 419. The molecule has 0 saturated heterocycles. The minimum atomic E-state index is -0.0765. The first kappa shape index (κ1) is 14.4. The molecular formula is C16H25NO2. The van der Waals surface area contributed by atoms with Gasteiger partial charge in [-0.25, -0.2) is 0 Å². The standard InChI is InChI=1S/C16H25NO2/c1-3-10-17-16(9-11-18)8-4-5-13-6-7-14(19-2)12-15(13)16/h6-7,12,17-18H,3-5,8-11H2,1-2H3. The molecule has 0 amide bonds. The van der Waals surface area contributed by atoms with Gasteiger partial charge >= 0.3 is 0 Å². The van der Waals surface area contributed by atoms with E-state index < -0.39 is 0 Å². The number of fused-ring (bicyclic) bond motifs is 1. The number of rotatable bonds is 6. The van der Waals surface area contributed by atoms with Crippen LogP contribution in [0.2, 0.25) is 0 Å². The van der Waals surface area contributed by atoms with Gasteiger partial charge in [0.05, 0.1) is 7.11 Å². The lowest BCUT2D eigenvalue weighted by molar-refractivity contribution is 0.189. The third-order valence-corrected chi connectivity index (χ3v) is 4.13. The summed E-state index contributed by atoms with van der Waals surface area (Å²) in [5.74, 6) is 0.904. The number of aryl methyl sites for hydroxylation is 1. The zero-order valence-electron chi connectivity index (χ0n) is 12.0. The average molecular weight is 263 g/mol. The van der Waals surface area contributed by atoms with Crippen molar-refractivity contribution in [2.24, 2.45) is 0 Å². The molecule has 0 bridgehead atoms. The highest BCUT2D eigenvalue weighted by atomic mass is 16.5. The Morgan fingerprint density at radius 1 is 1.42 bits per heavy atom. The first-order chi connectivity index (χ1) is 9.25. The normalized spacial score (nSPS) is 22.1. The van der Waals surface area contributed by atoms with Crippen molar-refractivity contribution in [1.82, 2.24) is 5.32 Å². The van der Waals surface area contributed by atoms with E-state index in [2.05, 4.69) is 24.4 Å². The van der Waals surface area contributed by atoms with E-state index in [1.54, 1.807) is 7.11 Å². The Labute approximate surface area is 116 Å². The number of nitrogens with one attached hydrogen (secondary N) is 1. The number of aliphatic hydroxyl groups is 1. The lowest BCUT2D eigenvalue weighted by Gasteiger charge is -2.40. The fourth-order valence-electron chi connectivity index (χ4n) is 3.15. The molecule has 0 saturated carbocycles. The smallest absolute Gasteiger partial charge is 0.119 e. The van der Waals surface area contributed by atoms with Crippen LogP contribution in [0, 0.1) is 0 Å². The highest BCUT2D eigenvalue weighted by Crippen LogP contribution is 2.39. The van der Waals surface area contributed by atoms with Crippen LogP contribution in [-0.4, -0.2) is 25.4 Å². The predicted octanol–water partition coefficient (Wildman–Crippen LogP) is 2.61. The molecule has 3 heteroatoms. The van der Waals surface area contributed by atoms with Crippen LogP contribution in [-0.2, 0) is 12.0 Å². The lowest BCUT2D eigenvalue weighted by Crippen LogP contribution is -2.46. The van der Waals surface area contributed by atoms with E-state index in [1.807, 2.05) is 6.07 Å². The van der Waals surface area contributed by atoms with Crippen molar-refractivity contribution in [2.75, 3.05) is 20.3 Å². The van der Waals surface area contributed by atoms with E-state index in [4.69, 9.17) is 4.74 Å². The Morgan fingerprint density at radius 2 is 2.26 bits per heavy atom. The quantitative estimate of drug-likeness (QED) is 0.829. The van der Waals surface area contributed by atoms with E-state index >= 15 is 0 Å². The van der Waals surface area contributed by atoms with E-state index in [1.165, 1.54) is 17.5 Å². The zero-order chi connectivity index (χ0) is 13.7. The molecule has 1 aromatic carbocycles. The highest BCUT2D eigenvalue weighted by Gasteiger charge is 2.35. The second-order valence-electron chi connectivity index (χ2n) is 5.36. The van der Waals surface area contributed by atoms with Gasteiger partial charge in [-0.1, -0.05) is 13.0 Å². The summed E-state index contributed by atoms with van der Waals surface area (Å²) in [5, 5.41) is 13.1. The van der Waals surface area contributed by atoms with Crippen LogP contribution in [0.25, 0.3) is 0 Å². The molecule has 0 aromatic heterocycles. The average Bonchev–Trinajstić information content (AvgIpc) is 2.45. The largest absolute Gasteiger partial charge is 0.497 e. The summed E-state index contributed by atoms with van der Waals surface area (Å²) in [5.41, 5.74) is 2.64. The van der Waals surface area contributed by atoms with Gasteiger partial charge in [-0.05, 0) is 61.9 Å². The molecule has 2 N–H and O–H groups in total. The molecule has 3 nitrogen and oxygen atoms in total. The molecule has 0 aliphatic heterocycles. The molecular weight excluding hydrogens is 238 g/mol. The SMILES string of the molecule is CCCNC1(CCO)CCCc2ccc(OC)cc21. The molecule has 2 rings (SSSR count). The molecule has 0 heterocycles. The van der Waals surface area contributed by atoms with Crippen LogP contribution in [0.5, 0.6) is 5.75 Å². The lowest BCUT2D eigenvalue weighted by atomic mass is 9.74. The van der Waals surface area contributed by atoms with Gasteiger partial charge in [0.25, 0.3) is 0 Å². The maximum atomic E-state index is 9.46. The maximum Gasteiger partial charge on any atom is 0.119 e. The van der Waals surface area contributed by atoms with Crippen molar-refractivity contribution in [1.29, 1.82) is 0 Å². The molecule has 1 aliphatic carbocycles. The summed E-state index contributed by atoms with van der Waals surface area (Å²) in [6, 6.07) is 6.35. The van der Waals surface area contributed by atoms with Crippen LogP contribution >= 0.6 is 0 Å². The number of aliphatic hydroxyl groups excluding tert-OH is 1. The molecule has 1 unspecified atom stereocenters. The number of ether oxygens (including phenoxy) is 1. The third-order valence-electron chi connectivity index (χ3n) is 4.13. The van der Waals surface area contributed by atoms with E-state index in [-0.39, 0.29) is 12.1 Å². The minimum Gasteiger partial charge on any atom is -0.497 e. The predicted molar refractivity (Wildman–Crippen MR) is 77.6 cm³/mol. The third kappa shape index (κ3) is 2.93. The summed E-state index contributed by atoms with van der Waals surface area (Å²) in [7, 11) is 1.71. The molecule has 19 heavy (non-hydrogen) atoms. The van der Waals surface area contributed by atoms with Gasteiger partial charge in [-0.15, -0.1) is 0 Å². The second-order valence-corrected chi connectivity index (χ2v) is 5.36. The maximum absolute atomic E-state index is 9.46. The summed E-state index contributed by atoms with van der Waals surface area (Å²) in [4.78, 5) is 0. The number of methoxy groups -OCH3 is 1. The van der Waals surface area contributed by atoms with Gasteiger partial charge in [0, 0.05) is 12.1 Å². The van der Waals surface area contributed by atoms with E-state index in [9.17, 15) is 5.11 Å². The molecule has 1 atom stereocenters. The first-order valence-corrected chi connectivity index (χ1v) is 7.29. The van der Waals surface area contributed by atoms with Crippen molar-refractivity contribution in [3.8, 4) is 5.75 Å². The molecule has 0 spiro atoms. The number of benzene rings is 1. The van der Waals surface area contributed by atoms with Gasteiger partial charge in [0.1, 0.15) is 5.75 Å². The van der Waals surface area contributed by atoms with Gasteiger partial charge in [-0.3, -0.25) is 0 Å². The van der Waals surface area contributed by atoms with Gasteiger partial charge in [0.15, 0.2) is 0 Å². The summed E-state index contributed by atoms with van der Waals surface area (Å²) in [6.45, 7) is 3.37.